The molecule has 0 amide bonds. The topological polar surface area (TPSA) is 72.2 Å². The van der Waals surface area contributed by atoms with Crippen molar-refractivity contribution in [2.45, 2.75) is 13.5 Å². The minimum Gasteiger partial charge on any atom is -0.312 e. The predicted molar refractivity (Wildman–Crippen MR) is 73.4 cm³/mol. The number of non-ortho nitro benzene ring substituents is 1. The van der Waals surface area contributed by atoms with E-state index in [2.05, 4.69) is 5.32 Å². The fourth-order valence-corrected chi connectivity index (χ4v) is 2.25. The van der Waals surface area contributed by atoms with E-state index in [1.807, 2.05) is 6.92 Å². The molecule has 0 heterocycles. The van der Waals surface area contributed by atoms with Crippen LogP contribution in [0.15, 0.2) is 18.2 Å². The Bertz CT molecular complexity index is 454. The lowest BCUT2D eigenvalue weighted by Crippen LogP contribution is -2.20. The molecule has 1 N–H and O–H groups in total. The molecule has 0 aromatic heterocycles. The van der Waals surface area contributed by atoms with Crippen LogP contribution in [0.4, 0.5) is 5.69 Å². The zero-order chi connectivity index (χ0) is 13.5. The van der Waals surface area contributed by atoms with E-state index in [9.17, 15) is 14.3 Å². The quantitative estimate of drug-likeness (QED) is 0.474. The van der Waals surface area contributed by atoms with Gasteiger partial charge in [-0.15, -0.1) is 0 Å². The number of hydrogen-bond donors (Lipinski definition) is 1. The third kappa shape index (κ3) is 4.72. The number of hydrogen-bond acceptors (Lipinski definition) is 4. The van der Waals surface area contributed by atoms with Gasteiger partial charge in [0.15, 0.2) is 0 Å². The molecule has 0 radical (unpaired) electrons. The first-order valence-electron chi connectivity index (χ1n) is 5.53. The number of nitro benzene ring substituents is 1. The molecule has 1 aromatic carbocycles. The van der Waals surface area contributed by atoms with Gasteiger partial charge in [0.2, 0.25) is 0 Å². The zero-order valence-corrected chi connectivity index (χ0v) is 11.6. The largest absolute Gasteiger partial charge is 0.312 e. The minimum absolute atomic E-state index is 0.0177. The number of nitrogens with zero attached hydrogens (tertiary/aromatic N) is 1. The van der Waals surface area contributed by atoms with E-state index in [0.29, 0.717) is 29.6 Å². The van der Waals surface area contributed by atoms with Gasteiger partial charge in [-0.3, -0.25) is 14.3 Å². The summed E-state index contributed by atoms with van der Waals surface area (Å²) in [6.45, 7) is 3.02. The summed E-state index contributed by atoms with van der Waals surface area (Å²) in [7, 11) is -0.785. The lowest BCUT2D eigenvalue weighted by molar-refractivity contribution is -0.384. The van der Waals surface area contributed by atoms with Crippen LogP contribution in [0.25, 0.3) is 0 Å². The first kappa shape index (κ1) is 15.1. The van der Waals surface area contributed by atoms with Gasteiger partial charge in [0.1, 0.15) is 0 Å². The van der Waals surface area contributed by atoms with Crippen LogP contribution in [0.1, 0.15) is 12.5 Å². The van der Waals surface area contributed by atoms with E-state index < -0.39 is 15.7 Å². The number of benzene rings is 1. The third-order valence-electron chi connectivity index (χ3n) is 2.39. The Morgan fingerprint density at radius 3 is 2.78 bits per heavy atom. The van der Waals surface area contributed by atoms with Crippen LogP contribution in [0.3, 0.4) is 0 Å². The maximum atomic E-state index is 11.2. The summed E-state index contributed by atoms with van der Waals surface area (Å²) < 4.78 is 11.2. The number of nitrogens with one attached hydrogen (secondary N) is 1. The Morgan fingerprint density at radius 1 is 1.50 bits per heavy atom. The molecule has 0 saturated heterocycles. The van der Waals surface area contributed by atoms with E-state index in [-0.39, 0.29) is 5.69 Å². The maximum absolute atomic E-state index is 11.2. The average Bonchev–Trinajstić information content (AvgIpc) is 2.35. The van der Waals surface area contributed by atoms with Crippen LogP contribution >= 0.6 is 11.6 Å². The van der Waals surface area contributed by atoms with Crippen LogP contribution in [0.5, 0.6) is 0 Å². The van der Waals surface area contributed by atoms with Gasteiger partial charge in [-0.2, -0.15) is 0 Å². The van der Waals surface area contributed by atoms with Crippen molar-refractivity contribution in [2.75, 3.05) is 18.1 Å². The van der Waals surface area contributed by atoms with E-state index in [1.165, 1.54) is 12.1 Å². The van der Waals surface area contributed by atoms with E-state index in [4.69, 9.17) is 11.6 Å². The number of rotatable bonds is 7. The summed E-state index contributed by atoms with van der Waals surface area (Å²) >= 11 is 5.94. The third-order valence-corrected chi connectivity index (χ3v) is 4.05. The highest BCUT2D eigenvalue weighted by molar-refractivity contribution is 7.84. The predicted octanol–water partition coefficient (Wildman–Crippen LogP) is 2.11. The molecule has 5 nitrogen and oxygen atoms in total. The SMILES string of the molecule is CCS(=O)CCNCc1ccc([N+](=O)[O-])cc1Cl. The molecule has 0 saturated carbocycles. The molecule has 0 fully saturated rings. The summed E-state index contributed by atoms with van der Waals surface area (Å²) in [6, 6.07) is 4.39. The molecule has 0 bridgehead atoms. The van der Waals surface area contributed by atoms with Crippen LogP contribution in [0.2, 0.25) is 5.02 Å². The second-order valence-electron chi connectivity index (χ2n) is 3.64. The van der Waals surface area contributed by atoms with Crippen LogP contribution in [-0.2, 0) is 17.3 Å². The molecule has 0 aliphatic rings. The van der Waals surface area contributed by atoms with Gasteiger partial charge >= 0.3 is 0 Å². The van der Waals surface area contributed by atoms with Crippen LogP contribution in [-0.4, -0.2) is 27.2 Å². The molecule has 100 valence electrons. The van der Waals surface area contributed by atoms with Gasteiger partial charge in [-0.25, -0.2) is 0 Å². The molecule has 1 atom stereocenters. The Kier molecular flexibility index (Phi) is 6.24. The van der Waals surface area contributed by atoms with Crippen molar-refractivity contribution in [3.8, 4) is 0 Å². The summed E-state index contributed by atoms with van der Waals surface area (Å²) in [4.78, 5) is 10.1. The molecule has 1 rings (SSSR count). The van der Waals surface area contributed by atoms with Gasteiger partial charge in [0.25, 0.3) is 5.69 Å². The molecule has 18 heavy (non-hydrogen) atoms. The highest BCUT2D eigenvalue weighted by atomic mass is 35.5. The molecule has 1 aromatic rings. The molecule has 0 aliphatic heterocycles. The lowest BCUT2D eigenvalue weighted by atomic mass is 10.2. The number of halogens is 1. The summed E-state index contributed by atoms with van der Waals surface area (Å²) in [5.74, 6) is 1.25. The molecule has 0 aliphatic carbocycles. The monoisotopic (exact) mass is 290 g/mol. The fraction of sp³-hybridized carbons (Fsp3) is 0.455. The minimum atomic E-state index is -0.785. The maximum Gasteiger partial charge on any atom is 0.270 e. The summed E-state index contributed by atoms with van der Waals surface area (Å²) in [5, 5.41) is 14.0. The zero-order valence-electron chi connectivity index (χ0n) is 10.0. The Balaban J connectivity index is 2.48. The smallest absolute Gasteiger partial charge is 0.270 e. The van der Waals surface area contributed by atoms with Crippen molar-refractivity contribution in [3.63, 3.8) is 0 Å². The molecule has 1 unspecified atom stereocenters. The van der Waals surface area contributed by atoms with Crippen molar-refractivity contribution in [3.05, 3.63) is 38.9 Å². The van der Waals surface area contributed by atoms with Crippen LogP contribution in [0, 0.1) is 10.1 Å². The van der Waals surface area contributed by atoms with Crippen molar-refractivity contribution in [1.82, 2.24) is 5.32 Å². The standard InChI is InChI=1S/C11H15ClN2O3S/c1-2-18(17)6-5-13-8-9-3-4-10(14(15)16)7-11(9)12/h3-4,7,13H,2,5-6,8H2,1H3. The Labute approximate surface area is 113 Å². The van der Waals surface area contributed by atoms with Crippen molar-refractivity contribution >= 4 is 28.1 Å². The van der Waals surface area contributed by atoms with Crippen LogP contribution < -0.4 is 5.32 Å². The molecular formula is C11H15ClN2O3S. The second-order valence-corrected chi connectivity index (χ2v) is 5.91. The Hall–Kier alpha value is -0.980. The van der Waals surface area contributed by atoms with Crippen molar-refractivity contribution in [2.24, 2.45) is 0 Å². The molecule has 7 heteroatoms. The first-order chi connectivity index (χ1) is 8.54. The fourth-order valence-electron chi connectivity index (χ4n) is 1.35. The average molecular weight is 291 g/mol. The van der Waals surface area contributed by atoms with Gasteiger partial charge in [0.05, 0.1) is 9.95 Å². The van der Waals surface area contributed by atoms with Crippen molar-refractivity contribution in [1.29, 1.82) is 0 Å². The highest BCUT2D eigenvalue weighted by Gasteiger charge is 2.08. The van der Waals surface area contributed by atoms with E-state index in [1.54, 1.807) is 6.07 Å². The van der Waals surface area contributed by atoms with E-state index >= 15 is 0 Å². The second kappa shape index (κ2) is 7.45. The molecule has 0 spiro atoms. The van der Waals surface area contributed by atoms with Gasteiger partial charge in [-0.1, -0.05) is 18.5 Å². The van der Waals surface area contributed by atoms with Gasteiger partial charge in [0, 0.05) is 47.5 Å². The normalized spacial score (nSPS) is 12.3. The van der Waals surface area contributed by atoms with Gasteiger partial charge < -0.3 is 5.32 Å². The van der Waals surface area contributed by atoms with Gasteiger partial charge in [-0.05, 0) is 11.6 Å². The summed E-state index contributed by atoms with van der Waals surface area (Å²) in [6.07, 6.45) is 0. The highest BCUT2D eigenvalue weighted by Crippen LogP contribution is 2.22. The van der Waals surface area contributed by atoms with E-state index in [0.717, 1.165) is 5.56 Å². The summed E-state index contributed by atoms with van der Waals surface area (Å²) in [5.41, 5.74) is 0.778. The lowest BCUT2D eigenvalue weighted by Gasteiger charge is -2.06. The Morgan fingerprint density at radius 2 is 2.22 bits per heavy atom. The number of nitro groups is 1. The first-order valence-corrected chi connectivity index (χ1v) is 7.39. The van der Waals surface area contributed by atoms with Crippen molar-refractivity contribution < 1.29 is 9.13 Å². The molecular weight excluding hydrogens is 276 g/mol.